The smallest absolute Gasteiger partial charge is 0.364 e. The standard InChI is InChI=1S/C68H112N4O51/c1-16-35(87)42(94)46(98)61(109-16)119-55-34(72-20(5)82)59(113-28(13-78)51(55)117-62-47(99)43(95)38(90)25(10-75)111-62)107-14-29-41(93)56(48(100)63(115-29)116-50-27(12-77)110-58(102)45(97)44(50)96)120-60-33(71-19(4)81)52(40(92)30(114-60)15-108-67(65(103)104)6-21(83)31(69-17(2)79)53(121-67)36(88)23(85)8-73)118-64-49(101)57(39(91)26(11-76)112-64)123-68(66(105)106)7-22(84)32(70-18(3)80)54(122-68)37(89)24(86)9-74/h16,21-64,73-78,83-102H,6-15H2,1-5H3,(H,69,79)(H,70,80)(H,71,81)(H,72,82)(H,103,104)(H,105,106)/t16-,21-,22-,23+,24+,25+,26+,27+,28+,29+,30+,31+,32+,33+,34+,35+,36+,37+,38-,39-,40+,41-,42+,43-,44+,45+,46-,47+,48+,49+,50+,51+,52+,53+,54+,55+,56-,57-,58+,59+,60-,61-,62-,63-,64-,67+,68-/m0/s1. The lowest BCUT2D eigenvalue weighted by Crippen LogP contribution is -2.72. The van der Waals surface area contributed by atoms with Crippen LogP contribution in [0, 0.1) is 0 Å². The molecule has 710 valence electrons. The molecule has 0 aliphatic carbocycles. The van der Waals surface area contributed by atoms with E-state index in [9.17, 15) is 172 Å². The molecule has 9 aliphatic heterocycles. The number of amides is 4. The number of ether oxygens (including phenoxy) is 17. The first-order valence-electron chi connectivity index (χ1n) is 38.7. The Morgan fingerprint density at radius 2 is 0.732 bits per heavy atom. The predicted molar refractivity (Wildman–Crippen MR) is 376 cm³/mol. The Morgan fingerprint density at radius 1 is 0.358 bits per heavy atom. The molecule has 4 amide bonds. The van der Waals surface area contributed by atoms with E-state index in [1.165, 1.54) is 6.92 Å². The van der Waals surface area contributed by atoms with Crippen LogP contribution in [0.5, 0.6) is 0 Å². The minimum absolute atomic E-state index is 0.777. The lowest BCUT2D eigenvalue weighted by molar-refractivity contribution is -0.393. The van der Waals surface area contributed by atoms with Crippen molar-refractivity contribution >= 4 is 35.6 Å². The zero-order valence-electron chi connectivity index (χ0n) is 66.0. The second-order valence-corrected chi connectivity index (χ2v) is 31.0. The van der Waals surface area contributed by atoms with Crippen LogP contribution in [0.25, 0.3) is 0 Å². The summed E-state index contributed by atoms with van der Waals surface area (Å²) in [6.45, 7) is -5.42. The van der Waals surface area contributed by atoms with Crippen molar-refractivity contribution in [2.45, 2.75) is 335 Å². The number of aliphatic hydroxyl groups excluding tert-OH is 26. The van der Waals surface area contributed by atoms with Gasteiger partial charge in [-0.15, -0.1) is 0 Å². The molecule has 55 nitrogen and oxygen atoms in total. The molecule has 0 radical (unpaired) electrons. The van der Waals surface area contributed by atoms with Crippen molar-refractivity contribution in [2.75, 3.05) is 52.9 Å². The number of aliphatic hydroxyl groups is 26. The van der Waals surface area contributed by atoms with Crippen LogP contribution < -0.4 is 21.3 Å². The summed E-state index contributed by atoms with van der Waals surface area (Å²) in [5.74, 6) is -15.4. The second kappa shape index (κ2) is 43.2. The van der Waals surface area contributed by atoms with Gasteiger partial charge in [0.1, 0.15) is 201 Å². The van der Waals surface area contributed by atoms with E-state index in [1.807, 2.05) is 0 Å². The highest BCUT2D eigenvalue weighted by molar-refractivity contribution is 5.78. The van der Waals surface area contributed by atoms with Gasteiger partial charge in [0.25, 0.3) is 11.6 Å². The number of aliphatic carboxylic acids is 2. The normalized spacial score (nSPS) is 46.6. The molecule has 0 saturated carbocycles. The predicted octanol–water partition coefficient (Wildman–Crippen LogP) is -20.6. The number of hydrogen-bond acceptors (Lipinski definition) is 49. The van der Waals surface area contributed by atoms with Gasteiger partial charge < -0.3 is 245 Å². The highest BCUT2D eigenvalue weighted by Crippen LogP contribution is 2.43. The zero-order chi connectivity index (χ0) is 91.4. The van der Waals surface area contributed by atoms with Crippen LogP contribution in [-0.2, 0) is 109 Å². The summed E-state index contributed by atoms with van der Waals surface area (Å²) in [7, 11) is 0. The van der Waals surface area contributed by atoms with Gasteiger partial charge in [-0.2, -0.15) is 0 Å². The molecule has 0 spiro atoms. The van der Waals surface area contributed by atoms with E-state index in [-0.39, 0.29) is 0 Å². The molecule has 0 aromatic heterocycles. The maximum atomic E-state index is 13.8. The number of carboxylic acids is 2. The SMILES string of the molecule is CC(=O)N[C@H]1[C@H](OC[C@H]2O[C@@H](O[C@H]3[C@H](O)[C@@H](O)[C@H](O)O[C@@H]3CO)[C@H](O)[C@@H](O[C@@H]3O[C@H](CO[C@]4(C(=O)O)C[C@H](O)[C@@H](NC(C)=O)[C@H]([C@H](O)[C@H](O)CO)O4)[C@@H](O)[C@H](O[C@@H]4O[C@H](CO)[C@H](O)[C@H](O[C@]5(C(=O)O)C[C@H](O)[C@@H](NC(C)=O)[C@H]([C@H](O)[C@H](O)CO)O5)[C@H]4O)[C@H]3NC(C)=O)[C@H]2O)O[C@H](CO)[C@@H](O[C@@H]2O[C@H](CO)[C@H](O)[C@H](O)[C@H]2O)[C@@H]1O[C@@H]1O[C@@H](C)[C@@H](O)[C@@H](O)[C@@H]1O. The van der Waals surface area contributed by atoms with Gasteiger partial charge in [0, 0.05) is 40.5 Å². The Bertz CT molecular complexity index is 3430. The molecular weight excluding hydrogens is 1690 g/mol. The lowest BCUT2D eigenvalue weighted by atomic mass is 9.88. The van der Waals surface area contributed by atoms with Crippen molar-refractivity contribution in [2.24, 2.45) is 0 Å². The average Bonchev–Trinajstić information content (AvgIpc) is 0.758. The summed E-state index contributed by atoms with van der Waals surface area (Å²) in [4.78, 5) is 79.3. The van der Waals surface area contributed by atoms with Gasteiger partial charge in [-0.05, 0) is 6.92 Å². The molecule has 32 N–H and O–H groups in total. The molecule has 9 saturated heterocycles. The molecular formula is C68H112N4O51. The summed E-state index contributed by atoms with van der Waals surface area (Å²) in [6.07, 6.45) is -95.5. The van der Waals surface area contributed by atoms with E-state index in [2.05, 4.69) is 21.3 Å². The average molecular weight is 1800 g/mol. The third-order valence-electron chi connectivity index (χ3n) is 22.3. The third kappa shape index (κ3) is 22.4. The minimum Gasteiger partial charge on any atom is -0.477 e. The number of carboxylic acid groups (broad SMARTS) is 2. The van der Waals surface area contributed by atoms with Gasteiger partial charge >= 0.3 is 11.9 Å². The Kier molecular flexibility index (Phi) is 35.8. The van der Waals surface area contributed by atoms with E-state index in [1.54, 1.807) is 0 Å². The molecule has 0 unspecified atom stereocenters. The molecule has 123 heavy (non-hydrogen) atoms. The first-order valence-corrected chi connectivity index (χ1v) is 38.7. The third-order valence-corrected chi connectivity index (χ3v) is 22.3. The maximum Gasteiger partial charge on any atom is 0.364 e. The van der Waals surface area contributed by atoms with Crippen molar-refractivity contribution in [3.63, 3.8) is 0 Å². The first-order chi connectivity index (χ1) is 57.8. The molecule has 0 aromatic carbocycles. The summed E-state index contributed by atoms with van der Waals surface area (Å²) >= 11 is 0. The highest BCUT2D eigenvalue weighted by Gasteiger charge is 2.64. The number of carbonyl (C=O) groups excluding carboxylic acids is 4. The summed E-state index contributed by atoms with van der Waals surface area (Å²) < 4.78 is 101. The Labute approximate surface area is 694 Å². The quantitative estimate of drug-likeness (QED) is 0.0284. The van der Waals surface area contributed by atoms with E-state index >= 15 is 0 Å². The topological polar surface area (TPSA) is 874 Å². The van der Waals surface area contributed by atoms with E-state index in [4.69, 9.17) is 80.5 Å². The van der Waals surface area contributed by atoms with Crippen LogP contribution in [0.15, 0.2) is 0 Å². The lowest BCUT2D eigenvalue weighted by Gasteiger charge is -2.52. The summed E-state index contributed by atoms with van der Waals surface area (Å²) in [5.41, 5.74) is 0. The van der Waals surface area contributed by atoms with E-state index in [0.717, 1.165) is 27.7 Å². The van der Waals surface area contributed by atoms with Crippen molar-refractivity contribution in [3.05, 3.63) is 0 Å². The minimum atomic E-state index is -3.46. The van der Waals surface area contributed by atoms with Crippen molar-refractivity contribution in [3.8, 4) is 0 Å². The fourth-order valence-corrected chi connectivity index (χ4v) is 15.7. The molecule has 9 heterocycles. The van der Waals surface area contributed by atoms with Gasteiger partial charge in [-0.25, -0.2) is 9.59 Å². The monoisotopic (exact) mass is 1800 g/mol. The van der Waals surface area contributed by atoms with Crippen LogP contribution in [0.4, 0.5) is 0 Å². The van der Waals surface area contributed by atoms with Crippen molar-refractivity contribution in [1.82, 2.24) is 21.3 Å². The van der Waals surface area contributed by atoms with Gasteiger partial charge in [-0.3, -0.25) is 19.2 Å². The zero-order valence-corrected chi connectivity index (χ0v) is 66.0. The van der Waals surface area contributed by atoms with Crippen LogP contribution in [-0.4, -0.2) is 519 Å². The van der Waals surface area contributed by atoms with Gasteiger partial charge in [0.05, 0.1) is 83.3 Å². The molecule has 55 heteroatoms. The van der Waals surface area contributed by atoms with Crippen LogP contribution in [0.3, 0.4) is 0 Å². The van der Waals surface area contributed by atoms with Crippen LogP contribution >= 0.6 is 0 Å². The fraction of sp³-hybridized carbons (Fsp3) is 0.912. The largest absolute Gasteiger partial charge is 0.477 e. The molecule has 9 rings (SSSR count). The number of rotatable bonds is 34. The number of carbonyl (C=O) groups is 6. The Balaban J connectivity index is 1.14. The van der Waals surface area contributed by atoms with Crippen LogP contribution in [0.1, 0.15) is 47.5 Å². The second-order valence-electron chi connectivity index (χ2n) is 31.0. The van der Waals surface area contributed by atoms with Gasteiger partial charge in [0.2, 0.25) is 23.6 Å². The van der Waals surface area contributed by atoms with Crippen LogP contribution in [0.2, 0.25) is 0 Å². The highest BCUT2D eigenvalue weighted by atomic mass is 16.8. The fourth-order valence-electron chi connectivity index (χ4n) is 15.7. The first kappa shape index (κ1) is 102. The molecule has 9 aliphatic rings. The van der Waals surface area contributed by atoms with Gasteiger partial charge in [-0.1, -0.05) is 0 Å². The van der Waals surface area contributed by atoms with Crippen molar-refractivity contribution in [1.29, 1.82) is 0 Å². The number of nitrogens with one attached hydrogen (secondary N) is 4. The molecule has 47 atom stereocenters. The summed E-state index contributed by atoms with van der Waals surface area (Å²) in [6, 6.07) is -8.05. The molecule has 0 aromatic rings. The van der Waals surface area contributed by atoms with E-state index < -0.39 is 389 Å². The maximum absolute atomic E-state index is 13.8. The Hall–Kier alpha value is -4.90. The molecule has 9 fully saturated rings. The summed E-state index contributed by atoms with van der Waals surface area (Å²) in [5, 5.41) is 321. The Morgan fingerprint density at radius 3 is 1.24 bits per heavy atom. The number of hydrogen-bond donors (Lipinski definition) is 32. The van der Waals surface area contributed by atoms with E-state index in [0.29, 0.717) is 0 Å². The molecule has 0 bridgehead atoms. The van der Waals surface area contributed by atoms with Crippen molar-refractivity contribution < 1.29 is 252 Å². The van der Waals surface area contributed by atoms with Gasteiger partial charge in [0.15, 0.2) is 44.0 Å².